The number of aryl methyl sites for hydroxylation is 2. The number of nitrogens with one attached hydrogen (secondary N) is 1. The molecule has 1 fully saturated rings. The molecular weight excluding hydrogens is 476 g/mol. The molecule has 4 rings (SSSR count). The number of benzene rings is 2. The first kappa shape index (κ1) is 22.5. The summed E-state index contributed by atoms with van der Waals surface area (Å²) in [5.74, 6) is -0.134. The van der Waals surface area contributed by atoms with Crippen LogP contribution in [0, 0.1) is 5.92 Å². The van der Waals surface area contributed by atoms with Gasteiger partial charge in [0.25, 0.3) is 0 Å². The van der Waals surface area contributed by atoms with Crippen LogP contribution in [-0.2, 0) is 33.4 Å². The fourth-order valence-electron chi connectivity index (χ4n) is 4.60. The lowest BCUT2D eigenvalue weighted by atomic mass is 9.96. The zero-order valence-corrected chi connectivity index (χ0v) is 20.2. The first-order valence-electron chi connectivity index (χ1n) is 11.0. The normalized spacial score (nSPS) is 18.5. The van der Waals surface area contributed by atoms with E-state index in [9.17, 15) is 13.2 Å². The molecule has 1 amide bonds. The summed E-state index contributed by atoms with van der Waals surface area (Å²) in [5, 5.41) is 3.14. The second-order valence-corrected chi connectivity index (χ2v) is 11.6. The molecular formula is C24H29BrN2O3S. The van der Waals surface area contributed by atoms with E-state index < -0.39 is 10.0 Å². The number of fused-ring (bicyclic) bond motifs is 1. The van der Waals surface area contributed by atoms with Gasteiger partial charge in [-0.1, -0.05) is 46.3 Å². The van der Waals surface area contributed by atoms with Crippen molar-refractivity contribution in [3.63, 3.8) is 0 Å². The lowest BCUT2D eigenvalue weighted by Gasteiger charge is -2.31. The summed E-state index contributed by atoms with van der Waals surface area (Å²) in [5.41, 5.74) is 4.74. The largest absolute Gasteiger partial charge is 0.349 e. The van der Waals surface area contributed by atoms with Crippen LogP contribution in [-0.4, -0.2) is 31.7 Å². The van der Waals surface area contributed by atoms with Gasteiger partial charge in [-0.15, -0.1) is 0 Å². The van der Waals surface area contributed by atoms with Crippen LogP contribution in [0.1, 0.15) is 54.5 Å². The summed E-state index contributed by atoms with van der Waals surface area (Å²) < 4.78 is 28.0. The van der Waals surface area contributed by atoms with Crippen molar-refractivity contribution in [2.24, 2.45) is 5.92 Å². The highest BCUT2D eigenvalue weighted by atomic mass is 79.9. The molecule has 2 aliphatic rings. The van der Waals surface area contributed by atoms with Gasteiger partial charge in [-0.3, -0.25) is 4.79 Å². The molecule has 7 heteroatoms. The van der Waals surface area contributed by atoms with Gasteiger partial charge in [-0.2, -0.15) is 0 Å². The van der Waals surface area contributed by atoms with E-state index in [1.807, 2.05) is 31.2 Å². The van der Waals surface area contributed by atoms with Crippen molar-refractivity contribution in [2.75, 3.05) is 13.1 Å². The van der Waals surface area contributed by atoms with Crippen molar-refractivity contribution in [1.29, 1.82) is 0 Å². The van der Waals surface area contributed by atoms with Gasteiger partial charge in [0.1, 0.15) is 0 Å². The molecule has 166 valence electrons. The first-order chi connectivity index (χ1) is 14.8. The molecule has 0 saturated carbocycles. The fraction of sp³-hybridized carbons (Fsp3) is 0.458. The van der Waals surface area contributed by atoms with Crippen LogP contribution in [0.3, 0.4) is 0 Å². The van der Waals surface area contributed by atoms with Crippen LogP contribution in [0.2, 0.25) is 0 Å². The average Bonchev–Trinajstić information content (AvgIpc) is 3.21. The van der Waals surface area contributed by atoms with Crippen molar-refractivity contribution < 1.29 is 13.2 Å². The Morgan fingerprint density at radius 1 is 1.13 bits per heavy atom. The number of carbonyl (C=O) groups is 1. The monoisotopic (exact) mass is 504 g/mol. The summed E-state index contributed by atoms with van der Waals surface area (Å²) >= 11 is 3.39. The SMILES string of the molecule is C[C@H](NC(=O)C1CCN(S(=O)(=O)Cc2cccc(Br)c2)CC1)c1ccc2c(c1)CCC2. The Balaban J connectivity index is 1.31. The van der Waals surface area contributed by atoms with Gasteiger partial charge in [-0.05, 0) is 73.4 Å². The topological polar surface area (TPSA) is 66.5 Å². The molecule has 1 N–H and O–H groups in total. The van der Waals surface area contributed by atoms with Gasteiger partial charge in [0.15, 0.2) is 0 Å². The van der Waals surface area contributed by atoms with E-state index in [4.69, 9.17) is 0 Å². The molecule has 2 aromatic rings. The second-order valence-electron chi connectivity index (χ2n) is 8.67. The molecule has 0 unspecified atom stereocenters. The summed E-state index contributed by atoms with van der Waals surface area (Å²) in [6.45, 7) is 2.80. The molecule has 0 aromatic heterocycles. The highest BCUT2D eigenvalue weighted by Gasteiger charge is 2.31. The van der Waals surface area contributed by atoms with E-state index in [-0.39, 0.29) is 23.6 Å². The van der Waals surface area contributed by atoms with E-state index in [1.54, 1.807) is 0 Å². The minimum absolute atomic E-state index is 0.0152. The zero-order chi connectivity index (χ0) is 22.0. The number of sulfonamides is 1. The number of piperidine rings is 1. The third-order valence-electron chi connectivity index (χ3n) is 6.44. The minimum atomic E-state index is -3.39. The highest BCUT2D eigenvalue weighted by molar-refractivity contribution is 9.10. The maximum absolute atomic E-state index is 12.8. The third kappa shape index (κ3) is 5.38. The molecule has 1 atom stereocenters. The summed E-state index contributed by atoms with van der Waals surface area (Å²) in [6.07, 6.45) is 4.60. The van der Waals surface area contributed by atoms with Crippen molar-refractivity contribution in [3.8, 4) is 0 Å². The number of halogens is 1. The van der Waals surface area contributed by atoms with Crippen LogP contribution in [0.4, 0.5) is 0 Å². The van der Waals surface area contributed by atoms with E-state index in [0.29, 0.717) is 25.9 Å². The quantitative estimate of drug-likeness (QED) is 0.635. The fourth-order valence-corrected chi connectivity index (χ4v) is 6.60. The summed E-state index contributed by atoms with van der Waals surface area (Å²) in [7, 11) is -3.39. The lowest BCUT2D eigenvalue weighted by Crippen LogP contribution is -2.43. The molecule has 1 aliphatic heterocycles. The summed E-state index contributed by atoms with van der Waals surface area (Å²) in [4.78, 5) is 12.8. The molecule has 2 aromatic carbocycles. The predicted octanol–water partition coefficient (Wildman–Crippen LogP) is 4.36. The van der Waals surface area contributed by atoms with Crippen molar-refractivity contribution >= 4 is 31.9 Å². The molecule has 31 heavy (non-hydrogen) atoms. The van der Waals surface area contributed by atoms with Gasteiger partial charge in [0.05, 0.1) is 11.8 Å². The molecule has 1 heterocycles. The van der Waals surface area contributed by atoms with E-state index in [1.165, 1.54) is 21.9 Å². The van der Waals surface area contributed by atoms with Gasteiger partial charge in [0.2, 0.25) is 15.9 Å². The van der Waals surface area contributed by atoms with Gasteiger partial charge in [0, 0.05) is 23.5 Å². The van der Waals surface area contributed by atoms with Crippen LogP contribution in [0.5, 0.6) is 0 Å². The van der Waals surface area contributed by atoms with Crippen molar-refractivity contribution in [1.82, 2.24) is 9.62 Å². The molecule has 0 spiro atoms. The first-order valence-corrected chi connectivity index (χ1v) is 13.4. The molecule has 1 saturated heterocycles. The Kier molecular flexibility index (Phi) is 6.84. The van der Waals surface area contributed by atoms with Gasteiger partial charge >= 0.3 is 0 Å². The number of amides is 1. The highest BCUT2D eigenvalue weighted by Crippen LogP contribution is 2.27. The average molecular weight is 505 g/mol. The smallest absolute Gasteiger partial charge is 0.223 e. The predicted molar refractivity (Wildman–Crippen MR) is 126 cm³/mol. The number of nitrogens with zero attached hydrogens (tertiary/aromatic N) is 1. The van der Waals surface area contributed by atoms with E-state index >= 15 is 0 Å². The lowest BCUT2D eigenvalue weighted by molar-refractivity contribution is -0.126. The maximum atomic E-state index is 12.8. The van der Waals surface area contributed by atoms with Crippen molar-refractivity contribution in [2.45, 2.75) is 50.8 Å². The molecule has 5 nitrogen and oxygen atoms in total. The number of carbonyl (C=O) groups excluding carboxylic acids is 1. The Bertz CT molecular complexity index is 1060. The Morgan fingerprint density at radius 3 is 2.61 bits per heavy atom. The molecule has 0 bridgehead atoms. The van der Waals surface area contributed by atoms with Crippen molar-refractivity contribution in [3.05, 3.63) is 69.2 Å². The molecule has 0 radical (unpaired) electrons. The van der Waals surface area contributed by atoms with E-state index in [0.717, 1.165) is 28.4 Å². The van der Waals surface area contributed by atoms with Crippen LogP contribution in [0.15, 0.2) is 46.9 Å². The van der Waals surface area contributed by atoms with Crippen LogP contribution < -0.4 is 5.32 Å². The summed E-state index contributed by atoms with van der Waals surface area (Å²) in [6, 6.07) is 13.9. The second kappa shape index (κ2) is 9.43. The number of hydrogen-bond donors (Lipinski definition) is 1. The zero-order valence-electron chi connectivity index (χ0n) is 17.8. The standard InChI is InChI=1S/C24H29BrN2O3S/c1-17(21-9-8-19-5-3-6-22(19)15-21)26-24(28)20-10-12-27(13-11-20)31(29,30)16-18-4-2-7-23(25)14-18/h2,4,7-9,14-15,17,20H,3,5-6,10-13,16H2,1H3,(H,26,28)/t17-/m0/s1. The Hall–Kier alpha value is -1.70. The number of hydrogen-bond acceptors (Lipinski definition) is 3. The number of rotatable bonds is 6. The Labute approximate surface area is 193 Å². The van der Waals surface area contributed by atoms with Crippen LogP contribution in [0.25, 0.3) is 0 Å². The van der Waals surface area contributed by atoms with Gasteiger partial charge in [-0.25, -0.2) is 12.7 Å². The maximum Gasteiger partial charge on any atom is 0.223 e. The van der Waals surface area contributed by atoms with Gasteiger partial charge < -0.3 is 5.32 Å². The third-order valence-corrected chi connectivity index (χ3v) is 8.78. The van der Waals surface area contributed by atoms with Crippen LogP contribution >= 0.6 is 15.9 Å². The minimum Gasteiger partial charge on any atom is -0.349 e. The Morgan fingerprint density at radius 2 is 1.87 bits per heavy atom. The molecule has 1 aliphatic carbocycles. The van der Waals surface area contributed by atoms with E-state index in [2.05, 4.69) is 39.4 Å².